The summed E-state index contributed by atoms with van der Waals surface area (Å²) in [7, 11) is 0. The van der Waals surface area contributed by atoms with Crippen LogP contribution in [0.1, 0.15) is 24.8 Å². The highest BCUT2D eigenvalue weighted by Gasteiger charge is 2.00. The predicted octanol–water partition coefficient (Wildman–Crippen LogP) is 2.63. The van der Waals surface area contributed by atoms with Crippen molar-refractivity contribution in [3.63, 3.8) is 0 Å². The van der Waals surface area contributed by atoms with Gasteiger partial charge in [0.05, 0.1) is 0 Å². The van der Waals surface area contributed by atoms with Gasteiger partial charge in [-0.3, -0.25) is 0 Å². The van der Waals surface area contributed by atoms with E-state index in [-0.39, 0.29) is 0 Å². The average molecular weight is 146 g/mol. The second kappa shape index (κ2) is 3.91. The molecule has 11 heavy (non-hydrogen) atoms. The van der Waals surface area contributed by atoms with Crippen molar-refractivity contribution >= 4 is 6.21 Å². The minimum absolute atomic E-state index is 0.449. The maximum Gasteiger partial charge on any atom is -0.00418 e. The fourth-order valence-corrected chi connectivity index (χ4v) is 1.03. The van der Waals surface area contributed by atoms with Crippen molar-refractivity contribution in [1.29, 1.82) is 5.41 Å². The van der Waals surface area contributed by atoms with E-state index in [1.54, 1.807) is 0 Å². The van der Waals surface area contributed by atoms with Crippen LogP contribution in [0.5, 0.6) is 0 Å². The van der Waals surface area contributed by atoms with Gasteiger partial charge in [-0.2, -0.15) is 0 Å². The molecule has 1 nitrogen and oxygen atoms in total. The highest BCUT2D eigenvalue weighted by Crippen LogP contribution is 2.16. The van der Waals surface area contributed by atoms with Crippen molar-refractivity contribution in [2.45, 2.75) is 19.3 Å². The van der Waals surface area contributed by atoms with E-state index in [1.165, 1.54) is 11.8 Å². The Balaban J connectivity index is 2.68. The molecule has 1 radical (unpaired) electrons. The van der Waals surface area contributed by atoms with Gasteiger partial charge in [-0.1, -0.05) is 31.2 Å². The second-order valence-corrected chi connectivity index (χ2v) is 2.68. The summed E-state index contributed by atoms with van der Waals surface area (Å²) in [5.74, 6) is 0.449. The van der Waals surface area contributed by atoms with Crippen LogP contribution >= 0.6 is 0 Å². The summed E-state index contributed by atoms with van der Waals surface area (Å²) in [5, 5.41) is 6.95. The summed E-state index contributed by atoms with van der Waals surface area (Å²) in [6.07, 6.45) is 2.27. The Morgan fingerprint density at radius 1 is 1.73 bits per heavy atom. The van der Waals surface area contributed by atoms with Crippen molar-refractivity contribution in [1.82, 2.24) is 0 Å². The number of rotatable bonds is 3. The van der Waals surface area contributed by atoms with Gasteiger partial charge in [0.25, 0.3) is 0 Å². The van der Waals surface area contributed by atoms with E-state index < -0.39 is 0 Å². The van der Waals surface area contributed by atoms with Crippen LogP contribution in [0, 0.1) is 11.5 Å². The summed E-state index contributed by atoms with van der Waals surface area (Å²) in [5.41, 5.74) is 1.26. The van der Waals surface area contributed by atoms with Gasteiger partial charge in [-0.25, -0.2) is 0 Å². The Morgan fingerprint density at radius 2 is 2.55 bits per heavy atom. The number of nitrogens with one attached hydrogen (secondary N) is 1. The molecular weight excluding hydrogens is 134 g/mol. The second-order valence-electron chi connectivity index (χ2n) is 2.68. The van der Waals surface area contributed by atoms with Crippen molar-refractivity contribution in [3.05, 3.63) is 35.9 Å². The largest absolute Gasteiger partial charge is 0.313 e. The van der Waals surface area contributed by atoms with E-state index >= 15 is 0 Å². The zero-order chi connectivity index (χ0) is 8.10. The Morgan fingerprint density at radius 3 is 3.09 bits per heavy atom. The summed E-state index contributed by atoms with van der Waals surface area (Å²) in [6.45, 7) is 2.12. The van der Waals surface area contributed by atoms with Gasteiger partial charge in [-0.15, -0.1) is 0 Å². The molecule has 0 spiro atoms. The van der Waals surface area contributed by atoms with Crippen molar-refractivity contribution in [3.8, 4) is 0 Å². The van der Waals surface area contributed by atoms with Gasteiger partial charge < -0.3 is 5.41 Å². The minimum Gasteiger partial charge on any atom is -0.313 e. The van der Waals surface area contributed by atoms with Crippen molar-refractivity contribution in [2.24, 2.45) is 0 Å². The van der Waals surface area contributed by atoms with Crippen LogP contribution < -0.4 is 0 Å². The number of hydrogen-bond acceptors (Lipinski definition) is 1. The molecule has 1 heteroatoms. The monoisotopic (exact) mass is 146 g/mol. The molecule has 0 aliphatic heterocycles. The third kappa shape index (κ3) is 2.19. The normalized spacial score (nSPS) is 12.5. The van der Waals surface area contributed by atoms with Gasteiger partial charge in [-0.05, 0) is 30.2 Å². The van der Waals surface area contributed by atoms with Crippen LogP contribution in [0.25, 0.3) is 0 Å². The molecular formula is C10H12N. The van der Waals surface area contributed by atoms with Gasteiger partial charge >= 0.3 is 0 Å². The molecule has 1 aromatic carbocycles. The molecule has 1 atom stereocenters. The van der Waals surface area contributed by atoms with Gasteiger partial charge in [0.2, 0.25) is 0 Å². The van der Waals surface area contributed by atoms with Crippen LogP contribution in [-0.4, -0.2) is 6.21 Å². The number of hydrogen-bond donors (Lipinski definition) is 1. The van der Waals surface area contributed by atoms with Crippen LogP contribution in [0.2, 0.25) is 0 Å². The molecule has 0 aliphatic carbocycles. The van der Waals surface area contributed by atoms with Gasteiger partial charge in [0.1, 0.15) is 0 Å². The smallest absolute Gasteiger partial charge is 0.00418 e. The molecule has 0 amide bonds. The van der Waals surface area contributed by atoms with E-state index in [0.29, 0.717) is 5.92 Å². The van der Waals surface area contributed by atoms with Crippen LogP contribution in [-0.2, 0) is 0 Å². The zero-order valence-corrected chi connectivity index (χ0v) is 6.67. The fraction of sp³-hybridized carbons (Fsp3) is 0.300. The first kappa shape index (κ1) is 7.99. The van der Waals surface area contributed by atoms with Crippen molar-refractivity contribution < 1.29 is 0 Å². The summed E-state index contributed by atoms with van der Waals surface area (Å²) >= 11 is 0. The molecule has 1 N–H and O–H groups in total. The molecule has 0 fully saturated rings. The van der Waals surface area contributed by atoms with Crippen molar-refractivity contribution in [2.75, 3.05) is 0 Å². The molecule has 57 valence electrons. The van der Waals surface area contributed by atoms with Crippen LogP contribution in [0.3, 0.4) is 0 Å². The maximum atomic E-state index is 6.95. The van der Waals surface area contributed by atoms with E-state index in [1.807, 2.05) is 18.2 Å². The van der Waals surface area contributed by atoms with Crippen LogP contribution in [0.15, 0.2) is 24.3 Å². The topological polar surface area (TPSA) is 23.9 Å². The molecule has 1 aromatic rings. The standard InChI is InChI=1S/C10H12N/c1-9(7-8-11)10-5-3-2-4-6-10/h2-3,5-6,8-9,11H,7H2,1H3/t9-/m0/s1. The summed E-state index contributed by atoms with van der Waals surface area (Å²) in [6, 6.07) is 11.0. The lowest BCUT2D eigenvalue weighted by atomic mass is 9.99. The lowest BCUT2D eigenvalue weighted by Crippen LogP contribution is -1.92. The fourth-order valence-electron chi connectivity index (χ4n) is 1.03. The Hall–Kier alpha value is -1.11. The van der Waals surface area contributed by atoms with Gasteiger partial charge in [0, 0.05) is 0 Å². The van der Waals surface area contributed by atoms with Gasteiger partial charge in [0.15, 0.2) is 0 Å². The van der Waals surface area contributed by atoms with Crippen LogP contribution in [0.4, 0.5) is 0 Å². The molecule has 0 aromatic heterocycles. The Labute approximate surface area is 67.6 Å². The Bertz CT molecular complexity index is 216. The lowest BCUT2D eigenvalue weighted by molar-refractivity contribution is 0.811. The van der Waals surface area contributed by atoms with E-state index in [4.69, 9.17) is 5.41 Å². The minimum atomic E-state index is 0.449. The molecule has 0 saturated heterocycles. The Kier molecular flexibility index (Phi) is 2.84. The molecule has 1 rings (SSSR count). The van der Waals surface area contributed by atoms with E-state index in [2.05, 4.69) is 19.1 Å². The summed E-state index contributed by atoms with van der Waals surface area (Å²) < 4.78 is 0. The third-order valence-corrected chi connectivity index (χ3v) is 1.77. The highest BCUT2D eigenvalue weighted by atomic mass is 14.3. The highest BCUT2D eigenvalue weighted by molar-refractivity contribution is 5.54. The number of benzene rings is 1. The first-order valence-electron chi connectivity index (χ1n) is 3.79. The molecule has 0 bridgehead atoms. The third-order valence-electron chi connectivity index (χ3n) is 1.77. The zero-order valence-electron chi connectivity index (χ0n) is 6.67. The quantitative estimate of drug-likeness (QED) is 0.634. The molecule has 0 heterocycles. The lowest BCUT2D eigenvalue weighted by Gasteiger charge is -2.06. The molecule has 0 aliphatic rings. The molecule has 0 unspecified atom stereocenters. The first-order valence-corrected chi connectivity index (χ1v) is 3.79. The van der Waals surface area contributed by atoms with E-state index in [0.717, 1.165) is 6.42 Å². The maximum absolute atomic E-state index is 6.95. The average Bonchev–Trinajstić information content (AvgIpc) is 2.07. The SMILES string of the molecule is C[C@@H](CC=N)c1c[c]ccc1. The predicted molar refractivity (Wildman–Crippen MR) is 47.1 cm³/mol. The van der Waals surface area contributed by atoms with E-state index in [9.17, 15) is 0 Å². The first-order chi connectivity index (χ1) is 5.34. The molecule has 0 saturated carbocycles. The summed E-state index contributed by atoms with van der Waals surface area (Å²) in [4.78, 5) is 0.